The van der Waals surface area contributed by atoms with Crippen LogP contribution in [0, 0.1) is 0 Å². The summed E-state index contributed by atoms with van der Waals surface area (Å²) in [7, 11) is 3.89. The molecular weight excluding hydrogens is 278 g/mol. The van der Waals surface area contributed by atoms with Crippen LogP contribution in [0.1, 0.15) is 18.5 Å². The molecule has 1 saturated heterocycles. The number of hydrogen-bond acceptors (Lipinski definition) is 4. The first-order valence-corrected chi connectivity index (χ1v) is 7.89. The van der Waals surface area contributed by atoms with Crippen LogP contribution in [0.4, 0.5) is 0 Å². The quantitative estimate of drug-likeness (QED) is 0.875. The number of rotatable bonds is 5. The van der Waals surface area contributed by atoms with E-state index < -0.39 is 0 Å². The van der Waals surface area contributed by atoms with Gasteiger partial charge in [-0.15, -0.1) is 0 Å². The second-order valence-corrected chi connectivity index (χ2v) is 6.25. The van der Waals surface area contributed by atoms with Gasteiger partial charge >= 0.3 is 0 Å². The van der Waals surface area contributed by atoms with E-state index in [2.05, 4.69) is 4.90 Å². The zero-order valence-electron chi connectivity index (χ0n) is 13.8. The van der Waals surface area contributed by atoms with Crippen LogP contribution >= 0.6 is 0 Å². The zero-order valence-corrected chi connectivity index (χ0v) is 13.8. The fourth-order valence-electron chi connectivity index (χ4n) is 2.99. The molecule has 0 aliphatic carbocycles. The first-order valence-electron chi connectivity index (χ1n) is 7.89. The molecule has 2 atom stereocenters. The van der Waals surface area contributed by atoms with Crippen LogP contribution < -0.4 is 0 Å². The van der Waals surface area contributed by atoms with Crippen LogP contribution in [-0.4, -0.2) is 78.6 Å². The van der Waals surface area contributed by atoms with Crippen molar-refractivity contribution < 1.29 is 9.90 Å². The predicted molar refractivity (Wildman–Crippen MR) is 87.6 cm³/mol. The van der Waals surface area contributed by atoms with Crippen LogP contribution in [0.2, 0.25) is 0 Å². The van der Waals surface area contributed by atoms with Gasteiger partial charge in [0.15, 0.2) is 0 Å². The van der Waals surface area contributed by atoms with Crippen molar-refractivity contribution in [3.63, 3.8) is 0 Å². The van der Waals surface area contributed by atoms with Crippen molar-refractivity contribution in [3.8, 4) is 0 Å². The molecule has 1 aromatic carbocycles. The Morgan fingerprint density at radius 1 is 1.18 bits per heavy atom. The molecule has 122 valence electrons. The van der Waals surface area contributed by atoms with Gasteiger partial charge in [-0.1, -0.05) is 30.3 Å². The fourth-order valence-corrected chi connectivity index (χ4v) is 2.99. The maximum Gasteiger partial charge on any atom is 0.244 e. The lowest BCUT2D eigenvalue weighted by molar-refractivity contribution is -0.138. The van der Waals surface area contributed by atoms with Crippen molar-refractivity contribution in [2.75, 3.05) is 46.8 Å². The fraction of sp³-hybridized carbons (Fsp3) is 0.588. The van der Waals surface area contributed by atoms with Crippen molar-refractivity contribution in [2.45, 2.75) is 19.1 Å². The van der Waals surface area contributed by atoms with Crippen LogP contribution in [-0.2, 0) is 4.79 Å². The third-order valence-electron chi connectivity index (χ3n) is 4.07. The summed E-state index contributed by atoms with van der Waals surface area (Å²) >= 11 is 0. The highest BCUT2D eigenvalue weighted by Crippen LogP contribution is 2.21. The van der Waals surface area contributed by atoms with Gasteiger partial charge in [0.2, 0.25) is 5.91 Å². The summed E-state index contributed by atoms with van der Waals surface area (Å²) in [6.07, 6.45) is -0.318. The molecule has 1 aliphatic rings. The number of carbonyl (C=O) groups is 1. The normalized spacial score (nSPS) is 19.2. The Balaban J connectivity index is 2.01. The van der Waals surface area contributed by atoms with E-state index >= 15 is 0 Å². The summed E-state index contributed by atoms with van der Waals surface area (Å²) in [4.78, 5) is 19.0. The first-order chi connectivity index (χ1) is 10.5. The average Bonchev–Trinajstić information content (AvgIpc) is 2.48. The molecule has 1 heterocycles. The third-order valence-corrected chi connectivity index (χ3v) is 4.07. The highest BCUT2D eigenvalue weighted by molar-refractivity contribution is 5.83. The monoisotopic (exact) mass is 305 g/mol. The second-order valence-electron chi connectivity index (χ2n) is 6.25. The molecular formula is C17H27N3O2. The van der Waals surface area contributed by atoms with Gasteiger partial charge in [-0.05, 0) is 26.6 Å². The minimum atomic E-state index is -0.318. The van der Waals surface area contributed by atoms with Crippen molar-refractivity contribution in [1.82, 2.24) is 14.7 Å². The van der Waals surface area contributed by atoms with Gasteiger partial charge in [0.25, 0.3) is 0 Å². The molecule has 5 nitrogen and oxygen atoms in total. The van der Waals surface area contributed by atoms with E-state index in [1.165, 1.54) is 0 Å². The number of likely N-dealkylation sites (N-methyl/N-ethyl adjacent to an activating group) is 1. The van der Waals surface area contributed by atoms with Gasteiger partial charge in [0.05, 0.1) is 6.10 Å². The number of carbonyl (C=O) groups excluding carboxylic acids is 1. The highest BCUT2D eigenvalue weighted by Gasteiger charge is 2.30. The van der Waals surface area contributed by atoms with Crippen molar-refractivity contribution >= 4 is 5.91 Å². The largest absolute Gasteiger partial charge is 0.392 e. The predicted octanol–water partition coefficient (Wildman–Crippen LogP) is 0.814. The van der Waals surface area contributed by atoms with E-state index in [0.717, 1.165) is 31.7 Å². The molecule has 1 aliphatic heterocycles. The molecule has 1 aromatic rings. The van der Waals surface area contributed by atoms with Crippen LogP contribution in [0.3, 0.4) is 0 Å². The maximum absolute atomic E-state index is 12.9. The Labute approximate surface area is 133 Å². The summed E-state index contributed by atoms with van der Waals surface area (Å²) in [5.41, 5.74) is 1.03. The topological polar surface area (TPSA) is 47.0 Å². The Morgan fingerprint density at radius 3 is 2.27 bits per heavy atom. The van der Waals surface area contributed by atoms with E-state index in [1.54, 1.807) is 6.92 Å². The maximum atomic E-state index is 12.9. The second kappa shape index (κ2) is 7.72. The summed E-state index contributed by atoms with van der Waals surface area (Å²) < 4.78 is 0. The molecule has 0 radical (unpaired) electrons. The average molecular weight is 305 g/mol. The molecule has 22 heavy (non-hydrogen) atoms. The van der Waals surface area contributed by atoms with Crippen LogP contribution in [0.15, 0.2) is 30.3 Å². The Morgan fingerprint density at radius 2 is 1.77 bits per heavy atom. The van der Waals surface area contributed by atoms with E-state index in [4.69, 9.17) is 0 Å². The smallest absolute Gasteiger partial charge is 0.244 e. The number of piperazine rings is 1. The van der Waals surface area contributed by atoms with E-state index in [0.29, 0.717) is 6.54 Å². The van der Waals surface area contributed by atoms with Gasteiger partial charge in [-0.2, -0.15) is 0 Å². The van der Waals surface area contributed by atoms with E-state index in [9.17, 15) is 9.90 Å². The Kier molecular flexibility index (Phi) is 5.94. The molecule has 0 bridgehead atoms. The SMILES string of the molecule is CC(O)CN1CCN(C(=O)C(c2ccccc2)N(C)C)CC1. The molecule has 5 heteroatoms. The van der Waals surface area contributed by atoms with Gasteiger partial charge in [0, 0.05) is 32.7 Å². The van der Waals surface area contributed by atoms with Crippen molar-refractivity contribution in [3.05, 3.63) is 35.9 Å². The lowest BCUT2D eigenvalue weighted by Crippen LogP contribution is -2.52. The standard InChI is InChI=1S/C17H27N3O2/c1-14(21)13-19-9-11-20(12-10-19)17(22)16(18(2)3)15-7-5-4-6-8-15/h4-8,14,16,21H,9-13H2,1-3H3. The van der Waals surface area contributed by atoms with E-state index in [-0.39, 0.29) is 18.1 Å². The third kappa shape index (κ3) is 4.29. The van der Waals surface area contributed by atoms with Crippen molar-refractivity contribution in [2.24, 2.45) is 0 Å². The van der Waals surface area contributed by atoms with Gasteiger partial charge in [-0.25, -0.2) is 0 Å². The summed E-state index contributed by atoms with van der Waals surface area (Å²) in [6.45, 7) is 5.58. The lowest BCUT2D eigenvalue weighted by atomic mass is 10.0. The number of β-amino-alcohol motifs (C(OH)–C–C–N with tert-alkyl or cyclic N) is 1. The summed E-state index contributed by atoms with van der Waals surface area (Å²) in [5.74, 6) is 0.160. The van der Waals surface area contributed by atoms with Gasteiger partial charge < -0.3 is 10.0 Å². The summed E-state index contributed by atoms with van der Waals surface area (Å²) in [6, 6.07) is 9.69. The number of benzene rings is 1. The molecule has 1 fully saturated rings. The van der Waals surface area contributed by atoms with Gasteiger partial charge in [-0.3, -0.25) is 14.6 Å². The highest BCUT2D eigenvalue weighted by atomic mass is 16.3. The number of aliphatic hydroxyl groups excluding tert-OH is 1. The zero-order chi connectivity index (χ0) is 16.1. The molecule has 1 amide bonds. The Bertz CT molecular complexity index is 468. The number of hydrogen-bond donors (Lipinski definition) is 1. The molecule has 0 spiro atoms. The summed E-state index contributed by atoms with van der Waals surface area (Å²) in [5, 5.41) is 9.46. The molecule has 0 aromatic heterocycles. The molecule has 2 unspecified atom stereocenters. The minimum absolute atomic E-state index is 0.160. The number of nitrogens with zero attached hydrogens (tertiary/aromatic N) is 3. The molecule has 1 N–H and O–H groups in total. The van der Waals surface area contributed by atoms with Crippen molar-refractivity contribution in [1.29, 1.82) is 0 Å². The van der Waals surface area contributed by atoms with Crippen LogP contribution in [0.25, 0.3) is 0 Å². The van der Waals surface area contributed by atoms with Crippen LogP contribution in [0.5, 0.6) is 0 Å². The van der Waals surface area contributed by atoms with Gasteiger partial charge in [0.1, 0.15) is 6.04 Å². The lowest BCUT2D eigenvalue weighted by Gasteiger charge is -2.38. The Hall–Kier alpha value is -1.43. The first kappa shape index (κ1) is 16.9. The number of aliphatic hydroxyl groups is 1. The number of amides is 1. The van der Waals surface area contributed by atoms with E-state index in [1.807, 2.05) is 54.2 Å². The molecule has 0 saturated carbocycles. The molecule has 2 rings (SSSR count). The minimum Gasteiger partial charge on any atom is -0.392 e.